The van der Waals surface area contributed by atoms with Gasteiger partial charge in [0.25, 0.3) is 0 Å². The topological polar surface area (TPSA) is 29.5 Å². The third kappa shape index (κ3) is 2.90. The maximum absolute atomic E-state index is 13.1. The fourth-order valence-electron chi connectivity index (χ4n) is 2.00. The van der Waals surface area contributed by atoms with Gasteiger partial charge in [0.15, 0.2) is 0 Å². The molecular weight excluding hydrogens is 250 g/mol. The van der Waals surface area contributed by atoms with Crippen molar-refractivity contribution in [3.8, 4) is 5.75 Å². The smallest absolute Gasteiger partial charge is 0.126 e. The normalized spacial score (nSPS) is 12.3. The van der Waals surface area contributed by atoms with E-state index in [1.165, 1.54) is 0 Å². The molecule has 2 nitrogen and oxygen atoms in total. The second-order valence-electron chi connectivity index (χ2n) is 4.33. The van der Waals surface area contributed by atoms with Crippen LogP contribution in [0.15, 0.2) is 36.4 Å². The summed E-state index contributed by atoms with van der Waals surface area (Å²) < 4.78 is 31.4. The van der Waals surface area contributed by atoms with Crippen molar-refractivity contribution in [1.29, 1.82) is 0 Å². The van der Waals surface area contributed by atoms with Gasteiger partial charge in [0.1, 0.15) is 23.5 Å². The number of hydrogen-bond acceptors (Lipinski definition) is 2. The Kier molecular flexibility index (Phi) is 3.81. The number of rotatable bonds is 3. The van der Waals surface area contributed by atoms with E-state index in [1.54, 1.807) is 25.3 Å². The van der Waals surface area contributed by atoms with Gasteiger partial charge >= 0.3 is 0 Å². The van der Waals surface area contributed by atoms with Gasteiger partial charge in [0.05, 0.1) is 7.11 Å². The van der Waals surface area contributed by atoms with Crippen molar-refractivity contribution < 1.29 is 18.6 Å². The minimum absolute atomic E-state index is 0.182. The molecule has 0 aliphatic rings. The van der Waals surface area contributed by atoms with Gasteiger partial charge in [-0.15, -0.1) is 0 Å². The van der Waals surface area contributed by atoms with Crippen molar-refractivity contribution in [1.82, 2.24) is 0 Å². The van der Waals surface area contributed by atoms with Crippen molar-refractivity contribution in [2.45, 2.75) is 13.0 Å². The van der Waals surface area contributed by atoms with Crippen LogP contribution in [0.25, 0.3) is 0 Å². The largest absolute Gasteiger partial charge is 0.496 e. The Hall–Kier alpha value is -1.94. The summed E-state index contributed by atoms with van der Waals surface area (Å²) in [6.45, 7) is 1.83. The van der Waals surface area contributed by atoms with E-state index in [1.807, 2.05) is 6.92 Å². The van der Waals surface area contributed by atoms with Crippen molar-refractivity contribution in [2.24, 2.45) is 0 Å². The Labute approximate surface area is 110 Å². The number of methoxy groups -OCH3 is 1. The van der Waals surface area contributed by atoms with Crippen LogP contribution < -0.4 is 4.74 Å². The molecule has 4 heteroatoms. The van der Waals surface area contributed by atoms with Crippen LogP contribution in [0.5, 0.6) is 5.75 Å². The van der Waals surface area contributed by atoms with E-state index >= 15 is 0 Å². The Morgan fingerprint density at radius 2 is 1.63 bits per heavy atom. The SMILES string of the molecule is COc1ccc(C(O)c2cc(F)cc(F)c2)cc1C. The zero-order valence-electron chi connectivity index (χ0n) is 10.7. The number of aliphatic hydroxyl groups is 1. The first-order valence-electron chi connectivity index (χ1n) is 5.80. The number of ether oxygens (including phenoxy) is 1. The van der Waals surface area contributed by atoms with Gasteiger partial charge in [-0.2, -0.15) is 0 Å². The molecular formula is C15H14F2O2. The molecule has 100 valence electrons. The first-order chi connectivity index (χ1) is 9.01. The van der Waals surface area contributed by atoms with Crippen LogP contribution >= 0.6 is 0 Å². The van der Waals surface area contributed by atoms with Gasteiger partial charge in [0.2, 0.25) is 0 Å². The Morgan fingerprint density at radius 3 is 2.16 bits per heavy atom. The molecule has 0 bridgehead atoms. The molecule has 0 radical (unpaired) electrons. The van der Waals surface area contributed by atoms with E-state index < -0.39 is 17.7 Å². The summed E-state index contributed by atoms with van der Waals surface area (Å²) in [4.78, 5) is 0. The van der Waals surface area contributed by atoms with Crippen LogP contribution in [0.1, 0.15) is 22.8 Å². The quantitative estimate of drug-likeness (QED) is 0.921. The first-order valence-corrected chi connectivity index (χ1v) is 5.80. The molecule has 0 amide bonds. The van der Waals surface area contributed by atoms with E-state index in [0.29, 0.717) is 11.3 Å². The molecule has 2 aromatic rings. The molecule has 0 aliphatic heterocycles. The maximum atomic E-state index is 13.1. The molecule has 1 atom stereocenters. The molecule has 0 aromatic heterocycles. The molecule has 0 fully saturated rings. The van der Waals surface area contributed by atoms with Crippen LogP contribution in [-0.4, -0.2) is 12.2 Å². The van der Waals surface area contributed by atoms with Gasteiger partial charge < -0.3 is 9.84 Å². The summed E-state index contributed by atoms with van der Waals surface area (Å²) in [6.07, 6.45) is -1.07. The fourth-order valence-corrected chi connectivity index (χ4v) is 2.00. The predicted molar refractivity (Wildman–Crippen MR) is 68.2 cm³/mol. The average molecular weight is 264 g/mol. The third-order valence-electron chi connectivity index (χ3n) is 2.94. The van der Waals surface area contributed by atoms with Crippen molar-refractivity contribution in [2.75, 3.05) is 7.11 Å². The number of benzene rings is 2. The molecule has 19 heavy (non-hydrogen) atoms. The van der Waals surface area contributed by atoms with Crippen LogP contribution in [-0.2, 0) is 0 Å². The number of aliphatic hydroxyl groups excluding tert-OH is 1. The second-order valence-corrected chi connectivity index (χ2v) is 4.33. The Balaban J connectivity index is 2.38. The highest BCUT2D eigenvalue weighted by molar-refractivity contribution is 5.40. The lowest BCUT2D eigenvalue weighted by molar-refractivity contribution is 0.219. The first kappa shape index (κ1) is 13.5. The Bertz CT molecular complexity index is 576. The zero-order valence-corrected chi connectivity index (χ0v) is 10.7. The van der Waals surface area contributed by atoms with Gasteiger partial charge in [-0.3, -0.25) is 0 Å². The summed E-state index contributed by atoms with van der Waals surface area (Å²) >= 11 is 0. The minimum Gasteiger partial charge on any atom is -0.496 e. The highest BCUT2D eigenvalue weighted by Crippen LogP contribution is 2.27. The molecule has 0 saturated carbocycles. The highest BCUT2D eigenvalue weighted by atomic mass is 19.1. The van der Waals surface area contributed by atoms with Gasteiger partial charge in [-0.05, 0) is 47.9 Å². The molecule has 0 aliphatic carbocycles. The summed E-state index contributed by atoms with van der Waals surface area (Å²) in [5.41, 5.74) is 1.58. The molecule has 2 rings (SSSR count). The van der Waals surface area contributed by atoms with Crippen molar-refractivity contribution in [3.63, 3.8) is 0 Å². The van der Waals surface area contributed by atoms with Crippen LogP contribution in [0.3, 0.4) is 0 Å². The fraction of sp³-hybridized carbons (Fsp3) is 0.200. The van der Waals surface area contributed by atoms with E-state index in [9.17, 15) is 13.9 Å². The molecule has 2 aromatic carbocycles. The van der Waals surface area contributed by atoms with Crippen molar-refractivity contribution >= 4 is 0 Å². The van der Waals surface area contributed by atoms with E-state index in [2.05, 4.69) is 0 Å². The van der Waals surface area contributed by atoms with Gasteiger partial charge in [-0.1, -0.05) is 6.07 Å². The average Bonchev–Trinajstić information content (AvgIpc) is 2.36. The lowest BCUT2D eigenvalue weighted by Crippen LogP contribution is -2.02. The standard InChI is InChI=1S/C15H14F2O2/c1-9-5-10(3-4-14(9)19-2)15(18)11-6-12(16)8-13(17)7-11/h3-8,15,18H,1-2H3. The van der Waals surface area contributed by atoms with Crippen LogP contribution in [0, 0.1) is 18.6 Å². The van der Waals surface area contributed by atoms with Gasteiger partial charge in [-0.25, -0.2) is 8.78 Å². The number of aryl methyl sites for hydroxylation is 1. The van der Waals surface area contributed by atoms with Crippen LogP contribution in [0.2, 0.25) is 0 Å². The summed E-state index contributed by atoms with van der Waals surface area (Å²) in [5.74, 6) is -0.722. The number of halogens is 2. The number of hydrogen-bond donors (Lipinski definition) is 1. The van der Waals surface area contributed by atoms with E-state index in [-0.39, 0.29) is 5.56 Å². The zero-order chi connectivity index (χ0) is 14.0. The summed E-state index contributed by atoms with van der Waals surface area (Å²) in [7, 11) is 1.56. The van der Waals surface area contributed by atoms with Crippen LogP contribution in [0.4, 0.5) is 8.78 Å². The lowest BCUT2D eigenvalue weighted by atomic mass is 9.99. The molecule has 0 saturated heterocycles. The van der Waals surface area contributed by atoms with E-state index in [4.69, 9.17) is 4.74 Å². The summed E-state index contributed by atoms with van der Waals surface area (Å²) in [6, 6.07) is 8.12. The maximum Gasteiger partial charge on any atom is 0.126 e. The third-order valence-corrected chi connectivity index (χ3v) is 2.94. The van der Waals surface area contributed by atoms with Crippen molar-refractivity contribution in [3.05, 3.63) is 64.7 Å². The molecule has 0 spiro atoms. The predicted octanol–water partition coefficient (Wildman–Crippen LogP) is 3.36. The Morgan fingerprint density at radius 1 is 1.00 bits per heavy atom. The summed E-state index contributed by atoms with van der Waals surface area (Å²) in [5, 5.41) is 10.2. The monoisotopic (exact) mass is 264 g/mol. The molecule has 0 heterocycles. The highest BCUT2D eigenvalue weighted by Gasteiger charge is 2.14. The minimum atomic E-state index is -1.07. The molecule has 1 N–H and O–H groups in total. The van der Waals surface area contributed by atoms with Gasteiger partial charge in [0, 0.05) is 6.07 Å². The molecule has 1 unspecified atom stereocenters. The lowest BCUT2D eigenvalue weighted by Gasteiger charge is -2.14. The second kappa shape index (κ2) is 5.36. The van der Waals surface area contributed by atoms with E-state index in [0.717, 1.165) is 23.8 Å².